The summed E-state index contributed by atoms with van der Waals surface area (Å²) in [4.78, 5) is 15.6. The molecule has 0 saturated carbocycles. The van der Waals surface area contributed by atoms with E-state index in [1.807, 2.05) is 47.4 Å². The number of nitrogens with one attached hydrogen (secondary N) is 1. The number of para-hydroxylation sites is 1. The molecule has 1 atom stereocenters. The normalized spacial score (nSPS) is 14.8. The van der Waals surface area contributed by atoms with Crippen LogP contribution in [-0.4, -0.2) is 22.6 Å². The highest BCUT2D eigenvalue weighted by atomic mass is 16.5. The lowest BCUT2D eigenvalue weighted by molar-refractivity contribution is 0.194. The molecule has 0 saturated heterocycles. The van der Waals surface area contributed by atoms with Crippen molar-refractivity contribution < 1.29 is 9.53 Å². The van der Waals surface area contributed by atoms with E-state index in [2.05, 4.69) is 65.5 Å². The van der Waals surface area contributed by atoms with Crippen LogP contribution in [0, 0.1) is 6.92 Å². The standard InChI is InChI=1S/C27H25N3O2/c1-19-9-11-20(12-10-19)26-25-8-5-17-29(25)24-7-4-3-6-21(24)18-30(26)27(31)28-22-13-15-23(32-2)16-14-22/h3-17,26H,18H2,1-2H3,(H,28,31)/t26-/m1/s1. The lowest BCUT2D eigenvalue weighted by Crippen LogP contribution is -2.37. The Balaban J connectivity index is 1.59. The van der Waals surface area contributed by atoms with Gasteiger partial charge in [-0.1, -0.05) is 48.0 Å². The Hall–Kier alpha value is -3.99. The first-order valence-corrected chi connectivity index (χ1v) is 10.7. The zero-order chi connectivity index (χ0) is 22.1. The lowest BCUT2D eigenvalue weighted by atomic mass is 10.0. The minimum atomic E-state index is -0.226. The fourth-order valence-corrected chi connectivity index (χ4v) is 4.31. The van der Waals surface area contributed by atoms with E-state index < -0.39 is 0 Å². The average molecular weight is 424 g/mol. The summed E-state index contributed by atoms with van der Waals surface area (Å²) >= 11 is 0. The van der Waals surface area contributed by atoms with Crippen molar-refractivity contribution in [3.05, 3.63) is 114 Å². The van der Waals surface area contributed by atoms with Gasteiger partial charge in [0, 0.05) is 17.6 Å². The predicted octanol–water partition coefficient (Wildman–Crippen LogP) is 5.93. The summed E-state index contributed by atoms with van der Waals surface area (Å²) in [7, 11) is 1.63. The number of benzene rings is 3. The van der Waals surface area contributed by atoms with Gasteiger partial charge in [-0.05, 0) is 60.5 Å². The second-order valence-electron chi connectivity index (χ2n) is 8.03. The van der Waals surface area contributed by atoms with Gasteiger partial charge < -0.3 is 19.5 Å². The molecule has 4 aromatic rings. The highest BCUT2D eigenvalue weighted by Crippen LogP contribution is 2.37. The molecule has 0 fully saturated rings. The van der Waals surface area contributed by atoms with Crippen molar-refractivity contribution in [1.29, 1.82) is 0 Å². The SMILES string of the molecule is COc1ccc(NC(=O)N2Cc3ccccc3-n3cccc3[C@H]2c2ccc(C)cc2)cc1. The minimum absolute atomic E-state index is 0.148. The second-order valence-corrected chi connectivity index (χ2v) is 8.03. The maximum atomic E-state index is 13.6. The van der Waals surface area contributed by atoms with Crippen molar-refractivity contribution >= 4 is 11.7 Å². The van der Waals surface area contributed by atoms with E-state index >= 15 is 0 Å². The van der Waals surface area contributed by atoms with Gasteiger partial charge in [0.25, 0.3) is 0 Å². The zero-order valence-electron chi connectivity index (χ0n) is 18.2. The van der Waals surface area contributed by atoms with Gasteiger partial charge in [-0.2, -0.15) is 0 Å². The molecule has 160 valence electrons. The second kappa shape index (κ2) is 8.27. The number of fused-ring (bicyclic) bond motifs is 3. The summed E-state index contributed by atoms with van der Waals surface area (Å²) in [6, 6.07) is 27.8. The van der Waals surface area contributed by atoms with E-state index in [9.17, 15) is 4.79 Å². The van der Waals surface area contributed by atoms with E-state index in [4.69, 9.17) is 4.74 Å². The molecule has 2 amide bonds. The highest BCUT2D eigenvalue weighted by molar-refractivity contribution is 5.90. The molecule has 1 aromatic heterocycles. The topological polar surface area (TPSA) is 46.5 Å². The van der Waals surface area contributed by atoms with E-state index in [1.54, 1.807) is 7.11 Å². The molecule has 0 aliphatic carbocycles. The molecule has 2 heterocycles. The number of aromatic nitrogens is 1. The molecule has 5 rings (SSSR count). The van der Waals surface area contributed by atoms with Crippen molar-refractivity contribution in [3.63, 3.8) is 0 Å². The maximum Gasteiger partial charge on any atom is 0.322 e. The summed E-state index contributed by atoms with van der Waals surface area (Å²) in [5.74, 6) is 0.752. The van der Waals surface area contributed by atoms with Crippen molar-refractivity contribution in [1.82, 2.24) is 9.47 Å². The molecule has 0 spiro atoms. The lowest BCUT2D eigenvalue weighted by Gasteiger charge is -2.31. The summed E-state index contributed by atoms with van der Waals surface area (Å²) in [5.41, 5.74) is 6.26. The molecule has 5 heteroatoms. The fraction of sp³-hybridized carbons (Fsp3) is 0.148. The number of urea groups is 1. The van der Waals surface area contributed by atoms with Gasteiger partial charge in [0.15, 0.2) is 0 Å². The number of ether oxygens (including phenoxy) is 1. The molecule has 1 N–H and O–H groups in total. The predicted molar refractivity (Wildman–Crippen MR) is 126 cm³/mol. The van der Waals surface area contributed by atoms with Crippen molar-refractivity contribution in [2.45, 2.75) is 19.5 Å². The van der Waals surface area contributed by atoms with Crippen LogP contribution in [0.1, 0.15) is 28.4 Å². The maximum absolute atomic E-state index is 13.6. The van der Waals surface area contributed by atoms with E-state index in [0.29, 0.717) is 6.54 Å². The number of rotatable bonds is 3. The van der Waals surface area contributed by atoms with Crippen LogP contribution in [0.3, 0.4) is 0 Å². The van der Waals surface area contributed by atoms with Crippen LogP contribution in [0.2, 0.25) is 0 Å². The van der Waals surface area contributed by atoms with E-state index in [0.717, 1.165) is 33.9 Å². The highest BCUT2D eigenvalue weighted by Gasteiger charge is 2.32. The summed E-state index contributed by atoms with van der Waals surface area (Å²) in [5, 5.41) is 3.08. The number of anilines is 1. The molecule has 3 aromatic carbocycles. The molecule has 0 radical (unpaired) electrons. The van der Waals surface area contributed by atoms with Gasteiger partial charge in [-0.15, -0.1) is 0 Å². The number of hydrogen-bond donors (Lipinski definition) is 1. The van der Waals surface area contributed by atoms with Crippen molar-refractivity contribution in [3.8, 4) is 11.4 Å². The van der Waals surface area contributed by atoms with Crippen LogP contribution < -0.4 is 10.1 Å². The third kappa shape index (κ3) is 3.62. The van der Waals surface area contributed by atoms with Gasteiger partial charge in [-0.25, -0.2) is 4.79 Å². The first kappa shape index (κ1) is 19.9. The van der Waals surface area contributed by atoms with Crippen molar-refractivity contribution in [2.24, 2.45) is 0 Å². The van der Waals surface area contributed by atoms with Crippen LogP contribution in [-0.2, 0) is 6.54 Å². The van der Waals surface area contributed by atoms with Gasteiger partial charge in [0.2, 0.25) is 0 Å². The third-order valence-corrected chi connectivity index (χ3v) is 5.96. The van der Waals surface area contributed by atoms with E-state index in [-0.39, 0.29) is 12.1 Å². The smallest absolute Gasteiger partial charge is 0.322 e. The molecule has 5 nitrogen and oxygen atoms in total. The van der Waals surface area contributed by atoms with Gasteiger partial charge in [0.05, 0.1) is 25.4 Å². The van der Waals surface area contributed by atoms with Crippen molar-refractivity contribution in [2.75, 3.05) is 12.4 Å². The molecular formula is C27H25N3O2. The Morgan fingerprint density at radius 1 is 0.938 bits per heavy atom. The summed E-state index contributed by atoms with van der Waals surface area (Å²) < 4.78 is 7.43. The number of carbonyl (C=O) groups is 1. The number of carbonyl (C=O) groups excluding carboxylic acids is 1. The molecular weight excluding hydrogens is 398 g/mol. The van der Waals surface area contributed by atoms with Gasteiger partial charge in [0.1, 0.15) is 5.75 Å². The molecule has 0 bridgehead atoms. The van der Waals surface area contributed by atoms with Crippen LogP contribution in [0.15, 0.2) is 91.1 Å². The number of hydrogen-bond acceptors (Lipinski definition) is 2. The summed E-state index contributed by atoms with van der Waals surface area (Å²) in [6.45, 7) is 2.57. The monoisotopic (exact) mass is 423 g/mol. The number of methoxy groups -OCH3 is 1. The molecule has 1 aliphatic rings. The number of amides is 2. The molecule has 32 heavy (non-hydrogen) atoms. The fourth-order valence-electron chi connectivity index (χ4n) is 4.31. The van der Waals surface area contributed by atoms with Crippen LogP contribution in [0.4, 0.5) is 10.5 Å². The third-order valence-electron chi connectivity index (χ3n) is 5.96. The minimum Gasteiger partial charge on any atom is -0.497 e. The number of aryl methyl sites for hydroxylation is 1. The Morgan fingerprint density at radius 3 is 2.44 bits per heavy atom. The first-order valence-electron chi connectivity index (χ1n) is 10.7. The Kier molecular flexibility index (Phi) is 5.15. The first-order chi connectivity index (χ1) is 15.6. The quantitative estimate of drug-likeness (QED) is 0.444. The van der Waals surface area contributed by atoms with Crippen LogP contribution in [0.5, 0.6) is 5.75 Å². The van der Waals surface area contributed by atoms with Crippen LogP contribution >= 0.6 is 0 Å². The molecule has 0 unspecified atom stereocenters. The largest absolute Gasteiger partial charge is 0.497 e. The van der Waals surface area contributed by atoms with Gasteiger partial charge >= 0.3 is 6.03 Å². The van der Waals surface area contributed by atoms with E-state index in [1.165, 1.54) is 5.56 Å². The number of nitrogens with zero attached hydrogens (tertiary/aromatic N) is 2. The van der Waals surface area contributed by atoms with Crippen LogP contribution in [0.25, 0.3) is 5.69 Å². The average Bonchev–Trinajstić information content (AvgIpc) is 3.25. The Labute approximate surface area is 187 Å². The molecule has 1 aliphatic heterocycles. The Morgan fingerprint density at radius 2 is 1.69 bits per heavy atom. The Bertz CT molecular complexity index is 1240. The zero-order valence-corrected chi connectivity index (χ0v) is 18.2. The van der Waals surface area contributed by atoms with Gasteiger partial charge in [-0.3, -0.25) is 0 Å². The summed E-state index contributed by atoms with van der Waals surface area (Å²) in [6.07, 6.45) is 2.07.